The number of aryl methyl sites for hydroxylation is 2. The molecule has 3 aromatic rings. The summed E-state index contributed by atoms with van der Waals surface area (Å²) in [5.74, 6) is 0.725. The van der Waals surface area contributed by atoms with Gasteiger partial charge in [0.05, 0.1) is 11.6 Å². The quantitative estimate of drug-likeness (QED) is 0.624. The Bertz CT molecular complexity index is 1050. The third kappa shape index (κ3) is 4.62. The molecular formula is C24H25ClN4O. The van der Waals surface area contributed by atoms with Crippen LogP contribution in [0.4, 0.5) is 11.5 Å². The van der Waals surface area contributed by atoms with E-state index in [1.54, 1.807) is 6.07 Å². The van der Waals surface area contributed by atoms with E-state index in [1.807, 2.05) is 43.3 Å². The molecule has 0 unspecified atom stereocenters. The highest BCUT2D eigenvalue weighted by molar-refractivity contribution is 6.31. The lowest BCUT2D eigenvalue weighted by atomic mass is 9.97. The largest absolute Gasteiger partial charge is 0.354 e. The number of anilines is 2. The average molecular weight is 421 g/mol. The second kappa shape index (κ2) is 8.84. The monoisotopic (exact) mass is 420 g/mol. The van der Waals surface area contributed by atoms with Gasteiger partial charge < -0.3 is 10.2 Å². The highest BCUT2D eigenvalue weighted by Crippen LogP contribution is 2.26. The molecule has 0 radical (unpaired) electrons. The van der Waals surface area contributed by atoms with Crippen molar-refractivity contribution in [3.8, 4) is 11.3 Å². The molecule has 1 N–H and O–H groups in total. The molecule has 1 aliphatic rings. The van der Waals surface area contributed by atoms with Gasteiger partial charge in [0.1, 0.15) is 0 Å². The van der Waals surface area contributed by atoms with E-state index < -0.39 is 0 Å². The van der Waals surface area contributed by atoms with Crippen molar-refractivity contribution >= 4 is 29.0 Å². The van der Waals surface area contributed by atoms with Crippen LogP contribution in [0.15, 0.2) is 54.6 Å². The zero-order chi connectivity index (χ0) is 21.1. The summed E-state index contributed by atoms with van der Waals surface area (Å²) in [6.07, 6.45) is 1.80. The normalized spacial score (nSPS) is 16.4. The number of piperidine rings is 1. The Kier molecular flexibility index (Phi) is 6.00. The Labute approximate surface area is 182 Å². The van der Waals surface area contributed by atoms with Crippen molar-refractivity contribution in [1.29, 1.82) is 0 Å². The van der Waals surface area contributed by atoms with Crippen LogP contribution in [0.1, 0.15) is 24.0 Å². The van der Waals surface area contributed by atoms with Crippen LogP contribution < -0.4 is 10.2 Å². The molecule has 0 saturated carbocycles. The Morgan fingerprint density at radius 1 is 1.10 bits per heavy atom. The molecule has 6 heteroatoms. The third-order valence-corrected chi connectivity index (χ3v) is 5.93. The molecule has 1 amide bonds. The van der Waals surface area contributed by atoms with Crippen molar-refractivity contribution in [2.75, 3.05) is 23.3 Å². The number of carbonyl (C=O) groups is 1. The van der Waals surface area contributed by atoms with Gasteiger partial charge in [-0.2, -0.15) is 0 Å². The molecule has 1 fully saturated rings. The van der Waals surface area contributed by atoms with E-state index in [9.17, 15) is 4.79 Å². The number of halogens is 1. The summed E-state index contributed by atoms with van der Waals surface area (Å²) in [4.78, 5) is 14.9. The maximum Gasteiger partial charge on any atom is 0.229 e. The van der Waals surface area contributed by atoms with Crippen LogP contribution in [0.2, 0.25) is 5.02 Å². The summed E-state index contributed by atoms with van der Waals surface area (Å²) in [7, 11) is 0. The van der Waals surface area contributed by atoms with Gasteiger partial charge >= 0.3 is 0 Å². The minimum atomic E-state index is -0.0999. The first-order valence-electron chi connectivity index (χ1n) is 10.2. The van der Waals surface area contributed by atoms with Crippen molar-refractivity contribution < 1.29 is 4.79 Å². The van der Waals surface area contributed by atoms with E-state index in [4.69, 9.17) is 11.6 Å². The molecule has 1 aromatic heterocycles. The summed E-state index contributed by atoms with van der Waals surface area (Å²) in [6, 6.07) is 17.8. The first-order valence-corrected chi connectivity index (χ1v) is 10.6. The molecule has 30 heavy (non-hydrogen) atoms. The lowest BCUT2D eigenvalue weighted by molar-refractivity contribution is -0.120. The van der Waals surface area contributed by atoms with Crippen LogP contribution in [-0.2, 0) is 4.79 Å². The van der Waals surface area contributed by atoms with Crippen LogP contribution in [-0.4, -0.2) is 29.2 Å². The fourth-order valence-corrected chi connectivity index (χ4v) is 3.95. The molecule has 0 bridgehead atoms. The number of nitrogens with zero attached hydrogens (tertiary/aromatic N) is 3. The van der Waals surface area contributed by atoms with Gasteiger partial charge in [0.2, 0.25) is 5.91 Å². The SMILES string of the molecule is Cc1cccc(-c2ccc(N3CCC[C@@H](C(=O)Nc4ccc(C)c(Cl)c4)C3)nn2)c1. The standard InChI is InChI=1S/C24H25ClN4O/c1-16-5-3-6-18(13-16)22-10-11-23(28-27-22)29-12-4-7-19(15-29)24(30)26-20-9-8-17(2)21(25)14-20/h3,5-6,8-11,13-14,19H,4,7,12,15H2,1-2H3,(H,26,30)/t19-/m1/s1. The van der Waals surface area contributed by atoms with Gasteiger partial charge in [-0.3, -0.25) is 4.79 Å². The van der Waals surface area contributed by atoms with Crippen molar-refractivity contribution in [3.63, 3.8) is 0 Å². The third-order valence-electron chi connectivity index (χ3n) is 5.52. The van der Waals surface area contributed by atoms with Gasteiger partial charge in [-0.05, 0) is 62.6 Å². The first-order chi connectivity index (χ1) is 14.5. The topological polar surface area (TPSA) is 58.1 Å². The van der Waals surface area contributed by atoms with Gasteiger partial charge in [-0.25, -0.2) is 0 Å². The molecule has 5 nitrogen and oxygen atoms in total. The number of aromatic nitrogens is 2. The summed E-state index contributed by atoms with van der Waals surface area (Å²) in [6.45, 7) is 5.51. The molecule has 4 rings (SSSR count). The summed E-state index contributed by atoms with van der Waals surface area (Å²) >= 11 is 6.18. The molecular weight excluding hydrogens is 396 g/mol. The van der Waals surface area contributed by atoms with E-state index in [0.29, 0.717) is 11.6 Å². The summed E-state index contributed by atoms with van der Waals surface area (Å²) in [5.41, 5.74) is 4.83. The maximum atomic E-state index is 12.8. The molecule has 1 aliphatic heterocycles. The smallest absolute Gasteiger partial charge is 0.229 e. The Morgan fingerprint density at radius 2 is 1.97 bits per heavy atom. The zero-order valence-electron chi connectivity index (χ0n) is 17.2. The molecule has 2 aromatic carbocycles. The van der Waals surface area contributed by atoms with Gasteiger partial charge in [0.15, 0.2) is 5.82 Å². The lowest BCUT2D eigenvalue weighted by Crippen LogP contribution is -2.41. The minimum absolute atomic E-state index is 0.0176. The maximum absolute atomic E-state index is 12.8. The van der Waals surface area contributed by atoms with Crippen LogP contribution >= 0.6 is 11.6 Å². The molecule has 0 spiro atoms. The highest BCUT2D eigenvalue weighted by Gasteiger charge is 2.27. The van der Waals surface area contributed by atoms with Crippen LogP contribution in [0.25, 0.3) is 11.3 Å². The predicted octanol–water partition coefficient (Wildman–Crippen LogP) is 5.27. The number of carbonyl (C=O) groups excluding carboxylic acids is 1. The fourth-order valence-electron chi connectivity index (χ4n) is 3.77. The van der Waals surface area contributed by atoms with Crippen molar-refractivity contribution in [1.82, 2.24) is 10.2 Å². The Balaban J connectivity index is 1.43. The summed E-state index contributed by atoms with van der Waals surface area (Å²) < 4.78 is 0. The van der Waals surface area contributed by atoms with Gasteiger partial charge in [-0.15, -0.1) is 10.2 Å². The number of rotatable bonds is 4. The number of nitrogens with one attached hydrogen (secondary N) is 1. The molecule has 0 aliphatic carbocycles. The van der Waals surface area contributed by atoms with E-state index in [0.717, 1.165) is 47.7 Å². The second-order valence-corrected chi connectivity index (χ2v) is 8.29. The average Bonchev–Trinajstić information content (AvgIpc) is 2.76. The summed E-state index contributed by atoms with van der Waals surface area (Å²) in [5, 5.41) is 12.5. The molecule has 2 heterocycles. The highest BCUT2D eigenvalue weighted by atomic mass is 35.5. The molecule has 1 saturated heterocycles. The van der Waals surface area contributed by atoms with Crippen molar-refractivity contribution in [2.45, 2.75) is 26.7 Å². The number of benzene rings is 2. The number of hydrogen-bond acceptors (Lipinski definition) is 4. The molecule has 154 valence electrons. The first kappa shape index (κ1) is 20.4. The fraction of sp³-hybridized carbons (Fsp3) is 0.292. The van der Waals surface area contributed by atoms with E-state index in [1.165, 1.54) is 5.56 Å². The van der Waals surface area contributed by atoms with E-state index >= 15 is 0 Å². The Morgan fingerprint density at radius 3 is 2.70 bits per heavy atom. The van der Waals surface area contributed by atoms with Gasteiger partial charge in [0.25, 0.3) is 0 Å². The molecule has 1 atom stereocenters. The van der Waals surface area contributed by atoms with Crippen LogP contribution in [0.3, 0.4) is 0 Å². The second-order valence-electron chi connectivity index (χ2n) is 7.88. The van der Waals surface area contributed by atoms with Crippen LogP contribution in [0, 0.1) is 19.8 Å². The number of amides is 1. The van der Waals surface area contributed by atoms with E-state index in [-0.39, 0.29) is 11.8 Å². The van der Waals surface area contributed by atoms with Crippen molar-refractivity contribution in [2.24, 2.45) is 5.92 Å². The Hall–Kier alpha value is -2.92. The minimum Gasteiger partial charge on any atom is -0.354 e. The van der Waals surface area contributed by atoms with Gasteiger partial charge in [0, 0.05) is 29.4 Å². The predicted molar refractivity (Wildman–Crippen MR) is 122 cm³/mol. The van der Waals surface area contributed by atoms with Crippen LogP contribution in [0.5, 0.6) is 0 Å². The van der Waals surface area contributed by atoms with Crippen molar-refractivity contribution in [3.05, 3.63) is 70.7 Å². The lowest BCUT2D eigenvalue weighted by Gasteiger charge is -2.32. The van der Waals surface area contributed by atoms with E-state index in [2.05, 4.69) is 39.5 Å². The number of hydrogen-bond donors (Lipinski definition) is 1. The van der Waals surface area contributed by atoms with Gasteiger partial charge in [-0.1, -0.05) is 41.4 Å². The zero-order valence-corrected chi connectivity index (χ0v) is 18.0.